The number of nitrogens with two attached hydrogens (primary N) is 1. The number of pyridine rings is 1. The minimum Gasteiger partial charge on any atom is -0.373 e. The van der Waals surface area contributed by atoms with Gasteiger partial charge in [0.2, 0.25) is 0 Å². The molecule has 1 fully saturated rings. The molecule has 0 aliphatic carbocycles. The molecule has 4 heteroatoms. The number of ether oxygens (including phenoxy) is 1. The normalized spacial score (nSPS) is 21.7. The zero-order valence-corrected chi connectivity index (χ0v) is 9.02. The van der Waals surface area contributed by atoms with Crippen molar-refractivity contribution >= 4 is 5.69 Å². The number of hydrogen-bond donors (Lipinski definition) is 1. The van der Waals surface area contributed by atoms with E-state index in [2.05, 4.69) is 16.8 Å². The van der Waals surface area contributed by atoms with Crippen molar-refractivity contribution in [3.05, 3.63) is 24.0 Å². The summed E-state index contributed by atoms with van der Waals surface area (Å²) in [7, 11) is 0. The highest BCUT2D eigenvalue weighted by Gasteiger charge is 2.20. The highest BCUT2D eigenvalue weighted by molar-refractivity contribution is 5.51. The van der Waals surface area contributed by atoms with Gasteiger partial charge in [-0.3, -0.25) is 4.98 Å². The summed E-state index contributed by atoms with van der Waals surface area (Å²) in [4.78, 5) is 6.41. The molecule has 0 bridgehead atoms. The van der Waals surface area contributed by atoms with Crippen LogP contribution in [0.3, 0.4) is 0 Å². The van der Waals surface area contributed by atoms with Gasteiger partial charge in [0.1, 0.15) is 0 Å². The van der Waals surface area contributed by atoms with Crippen molar-refractivity contribution in [2.24, 2.45) is 5.73 Å². The summed E-state index contributed by atoms with van der Waals surface area (Å²) in [5.74, 6) is 0. The van der Waals surface area contributed by atoms with Gasteiger partial charge in [0, 0.05) is 37.7 Å². The van der Waals surface area contributed by atoms with E-state index in [1.54, 1.807) is 0 Å². The second-order valence-electron chi connectivity index (χ2n) is 3.84. The van der Waals surface area contributed by atoms with E-state index < -0.39 is 0 Å². The van der Waals surface area contributed by atoms with E-state index in [1.807, 2.05) is 18.5 Å². The van der Waals surface area contributed by atoms with Gasteiger partial charge in [0.15, 0.2) is 0 Å². The second kappa shape index (κ2) is 4.59. The molecule has 0 radical (unpaired) electrons. The van der Waals surface area contributed by atoms with Crippen LogP contribution in [0.2, 0.25) is 0 Å². The van der Waals surface area contributed by atoms with Gasteiger partial charge in [0.25, 0.3) is 0 Å². The Morgan fingerprint density at radius 1 is 1.67 bits per heavy atom. The first-order valence-electron chi connectivity index (χ1n) is 5.28. The highest BCUT2D eigenvalue weighted by Crippen LogP contribution is 2.20. The molecule has 4 nitrogen and oxygen atoms in total. The van der Waals surface area contributed by atoms with Gasteiger partial charge < -0.3 is 15.4 Å². The van der Waals surface area contributed by atoms with Crippen LogP contribution < -0.4 is 10.6 Å². The fraction of sp³-hybridized carbons (Fsp3) is 0.545. The molecule has 2 heterocycles. The summed E-state index contributed by atoms with van der Waals surface area (Å²) in [6, 6.07) is 2.05. The molecule has 2 rings (SSSR count). The molecule has 2 N–H and O–H groups in total. The van der Waals surface area contributed by atoms with E-state index in [0.29, 0.717) is 6.54 Å². The molecule has 1 aliphatic heterocycles. The molecule has 0 spiro atoms. The van der Waals surface area contributed by atoms with E-state index in [9.17, 15) is 0 Å². The molecule has 1 aromatic rings. The zero-order valence-electron chi connectivity index (χ0n) is 9.02. The molecule has 0 saturated carbocycles. The summed E-state index contributed by atoms with van der Waals surface area (Å²) in [6.07, 6.45) is 3.88. The average Bonchev–Trinajstić information content (AvgIpc) is 2.30. The number of hydrogen-bond acceptors (Lipinski definition) is 4. The average molecular weight is 207 g/mol. The lowest BCUT2D eigenvalue weighted by Crippen LogP contribution is -2.45. The molecule has 1 aliphatic rings. The van der Waals surface area contributed by atoms with E-state index in [4.69, 9.17) is 10.5 Å². The molecule has 0 aromatic carbocycles. The summed E-state index contributed by atoms with van der Waals surface area (Å²) >= 11 is 0. The Labute approximate surface area is 90.0 Å². The van der Waals surface area contributed by atoms with Crippen molar-refractivity contribution in [2.45, 2.75) is 13.0 Å². The third kappa shape index (κ3) is 2.27. The number of morpholine rings is 1. The first-order chi connectivity index (χ1) is 7.31. The molecule has 1 unspecified atom stereocenters. The topological polar surface area (TPSA) is 51.4 Å². The second-order valence-corrected chi connectivity index (χ2v) is 3.84. The summed E-state index contributed by atoms with van der Waals surface area (Å²) in [5, 5.41) is 0. The minimum atomic E-state index is 0.159. The minimum absolute atomic E-state index is 0.159. The maximum atomic E-state index is 5.62. The Hall–Kier alpha value is -1.13. The van der Waals surface area contributed by atoms with Crippen LogP contribution in [0.5, 0.6) is 0 Å². The molecule has 1 atom stereocenters. The van der Waals surface area contributed by atoms with Crippen molar-refractivity contribution in [3.8, 4) is 0 Å². The monoisotopic (exact) mass is 207 g/mol. The molecule has 1 aromatic heterocycles. The standard InChI is InChI=1S/C11H17N3O/c1-9-7-13-3-2-11(9)14-4-5-15-10(6-12)8-14/h2-3,7,10H,4-6,8,12H2,1H3. The van der Waals surface area contributed by atoms with Gasteiger partial charge in [-0.1, -0.05) is 0 Å². The number of aromatic nitrogens is 1. The van der Waals surface area contributed by atoms with Gasteiger partial charge in [-0.25, -0.2) is 0 Å². The Balaban J connectivity index is 2.13. The van der Waals surface area contributed by atoms with Crippen molar-refractivity contribution in [1.82, 2.24) is 4.98 Å². The SMILES string of the molecule is Cc1cnccc1N1CCOC(CN)C1. The lowest BCUT2D eigenvalue weighted by atomic mass is 10.2. The fourth-order valence-electron chi connectivity index (χ4n) is 1.90. The van der Waals surface area contributed by atoms with E-state index in [1.165, 1.54) is 11.3 Å². The largest absolute Gasteiger partial charge is 0.373 e. The third-order valence-electron chi connectivity index (χ3n) is 2.73. The van der Waals surface area contributed by atoms with Crippen LogP contribution in [0, 0.1) is 6.92 Å². The van der Waals surface area contributed by atoms with Crippen LogP contribution in [-0.2, 0) is 4.74 Å². The van der Waals surface area contributed by atoms with Gasteiger partial charge in [-0.15, -0.1) is 0 Å². The van der Waals surface area contributed by atoms with E-state index in [0.717, 1.165) is 19.7 Å². The summed E-state index contributed by atoms with van der Waals surface area (Å²) < 4.78 is 5.54. The quantitative estimate of drug-likeness (QED) is 0.769. The Bertz CT molecular complexity index is 329. The summed E-state index contributed by atoms with van der Waals surface area (Å²) in [5.41, 5.74) is 8.06. The first-order valence-corrected chi connectivity index (χ1v) is 5.28. The fourth-order valence-corrected chi connectivity index (χ4v) is 1.90. The van der Waals surface area contributed by atoms with Crippen LogP contribution in [0.4, 0.5) is 5.69 Å². The van der Waals surface area contributed by atoms with Crippen molar-refractivity contribution < 1.29 is 4.74 Å². The maximum Gasteiger partial charge on any atom is 0.0872 e. The van der Waals surface area contributed by atoms with Gasteiger partial charge in [0.05, 0.1) is 12.7 Å². The molecular weight excluding hydrogens is 190 g/mol. The predicted molar refractivity (Wildman–Crippen MR) is 60.0 cm³/mol. The van der Waals surface area contributed by atoms with Gasteiger partial charge in [-0.2, -0.15) is 0 Å². The van der Waals surface area contributed by atoms with Crippen molar-refractivity contribution in [3.63, 3.8) is 0 Å². The first kappa shape index (κ1) is 10.4. The number of rotatable bonds is 2. The lowest BCUT2D eigenvalue weighted by molar-refractivity contribution is 0.0465. The lowest BCUT2D eigenvalue weighted by Gasteiger charge is -2.34. The van der Waals surface area contributed by atoms with E-state index >= 15 is 0 Å². The van der Waals surface area contributed by atoms with Crippen LogP contribution in [0.1, 0.15) is 5.56 Å². The molecule has 1 saturated heterocycles. The molecule has 82 valence electrons. The van der Waals surface area contributed by atoms with Crippen LogP contribution >= 0.6 is 0 Å². The highest BCUT2D eigenvalue weighted by atomic mass is 16.5. The Morgan fingerprint density at radius 3 is 3.27 bits per heavy atom. The van der Waals surface area contributed by atoms with Gasteiger partial charge >= 0.3 is 0 Å². The Kier molecular flexibility index (Phi) is 3.18. The number of aryl methyl sites for hydroxylation is 1. The van der Waals surface area contributed by atoms with Crippen molar-refractivity contribution in [1.29, 1.82) is 0 Å². The number of nitrogens with zero attached hydrogens (tertiary/aromatic N) is 2. The Morgan fingerprint density at radius 2 is 2.53 bits per heavy atom. The molecule has 15 heavy (non-hydrogen) atoms. The number of anilines is 1. The van der Waals surface area contributed by atoms with Crippen LogP contribution in [0.15, 0.2) is 18.5 Å². The van der Waals surface area contributed by atoms with Gasteiger partial charge in [-0.05, 0) is 18.6 Å². The smallest absolute Gasteiger partial charge is 0.0872 e. The zero-order chi connectivity index (χ0) is 10.7. The van der Waals surface area contributed by atoms with Crippen molar-refractivity contribution in [2.75, 3.05) is 31.1 Å². The van der Waals surface area contributed by atoms with Crippen LogP contribution in [0.25, 0.3) is 0 Å². The van der Waals surface area contributed by atoms with E-state index in [-0.39, 0.29) is 6.10 Å². The third-order valence-corrected chi connectivity index (χ3v) is 2.73. The molecule has 0 amide bonds. The van der Waals surface area contributed by atoms with Crippen LogP contribution in [-0.4, -0.2) is 37.3 Å². The molecular formula is C11H17N3O. The predicted octanol–water partition coefficient (Wildman–Crippen LogP) is 0.554. The summed E-state index contributed by atoms with van der Waals surface area (Å²) in [6.45, 7) is 5.22. The maximum absolute atomic E-state index is 5.62.